The number of benzene rings is 1. The number of carbonyl (C=O) groups excluding carboxylic acids is 1. The van der Waals surface area contributed by atoms with Crippen LogP contribution < -0.4 is 4.72 Å². The molecule has 2 rings (SSSR count). The van der Waals surface area contributed by atoms with Crippen LogP contribution in [0.4, 0.5) is 0 Å². The average molecular weight is 443 g/mol. The molecule has 1 aliphatic rings. The van der Waals surface area contributed by atoms with E-state index in [9.17, 15) is 21.6 Å². The number of piperidine rings is 1. The van der Waals surface area contributed by atoms with Crippen LogP contribution in [0.25, 0.3) is 0 Å². The molecule has 0 aromatic heterocycles. The lowest BCUT2D eigenvalue weighted by molar-refractivity contribution is -0.133. The van der Waals surface area contributed by atoms with Gasteiger partial charge in [0.25, 0.3) is 0 Å². The quantitative estimate of drug-likeness (QED) is 0.747. The van der Waals surface area contributed by atoms with Crippen molar-refractivity contribution >= 4 is 49.0 Å². The van der Waals surface area contributed by atoms with Crippen molar-refractivity contribution in [1.29, 1.82) is 0 Å². The van der Waals surface area contributed by atoms with Crippen LogP contribution in [0.5, 0.6) is 0 Å². The first-order valence-electron chi connectivity index (χ1n) is 7.87. The second kappa shape index (κ2) is 8.02. The van der Waals surface area contributed by atoms with E-state index in [1.54, 1.807) is 0 Å². The molecule has 11 heteroatoms. The highest BCUT2D eigenvalue weighted by atomic mass is 35.5. The molecule has 26 heavy (non-hydrogen) atoms. The van der Waals surface area contributed by atoms with Crippen molar-refractivity contribution in [3.05, 3.63) is 28.2 Å². The summed E-state index contributed by atoms with van der Waals surface area (Å²) in [4.78, 5) is 13.7. The monoisotopic (exact) mass is 442 g/mol. The lowest BCUT2D eigenvalue weighted by atomic mass is 10.1. The van der Waals surface area contributed by atoms with Crippen LogP contribution >= 0.6 is 23.2 Å². The van der Waals surface area contributed by atoms with Gasteiger partial charge in [-0.1, -0.05) is 29.3 Å². The fourth-order valence-electron chi connectivity index (χ4n) is 2.86. The molecule has 1 atom stereocenters. The molecule has 1 fully saturated rings. The van der Waals surface area contributed by atoms with E-state index in [2.05, 4.69) is 4.72 Å². The van der Waals surface area contributed by atoms with Crippen LogP contribution in [0, 0.1) is 0 Å². The number of halogens is 2. The maximum Gasteiger partial charge on any atom is 0.244 e. The minimum Gasteiger partial charge on any atom is -0.341 e. The van der Waals surface area contributed by atoms with Crippen LogP contribution in [0.1, 0.15) is 19.8 Å². The Hall–Kier alpha value is -0.870. The first-order valence-corrected chi connectivity index (χ1v) is 12.1. The van der Waals surface area contributed by atoms with Gasteiger partial charge in [-0.25, -0.2) is 16.8 Å². The standard InChI is InChI=1S/C15H20Cl2N2O5S2/c1-10(15(20)19-8-6-11(7-9-19)25(2,21)22)18-26(23,24)14-12(16)4-3-5-13(14)17/h3-5,10-11,18H,6-9H2,1-2H3. The molecule has 0 saturated carbocycles. The van der Waals surface area contributed by atoms with Gasteiger partial charge in [0, 0.05) is 19.3 Å². The van der Waals surface area contributed by atoms with Crippen molar-refractivity contribution in [2.45, 2.75) is 36.0 Å². The minimum atomic E-state index is -4.10. The molecule has 1 heterocycles. The SMILES string of the molecule is CC(NS(=O)(=O)c1c(Cl)cccc1Cl)C(=O)N1CCC(S(C)(=O)=O)CC1. The number of sulfonamides is 1. The third kappa shape index (κ3) is 4.89. The summed E-state index contributed by atoms with van der Waals surface area (Å²) in [5.74, 6) is -0.427. The molecule has 1 saturated heterocycles. The maximum atomic E-state index is 12.5. The van der Waals surface area contributed by atoms with E-state index in [0.717, 1.165) is 0 Å². The van der Waals surface area contributed by atoms with Crippen molar-refractivity contribution in [3.8, 4) is 0 Å². The molecule has 1 aliphatic heterocycles. The van der Waals surface area contributed by atoms with Gasteiger partial charge in [-0.05, 0) is 31.9 Å². The van der Waals surface area contributed by atoms with Crippen molar-refractivity contribution in [2.75, 3.05) is 19.3 Å². The highest BCUT2D eigenvalue weighted by Gasteiger charge is 2.32. The zero-order valence-electron chi connectivity index (χ0n) is 14.3. The normalized spacial score (nSPS) is 17.9. The van der Waals surface area contributed by atoms with Crippen molar-refractivity contribution in [2.24, 2.45) is 0 Å². The summed E-state index contributed by atoms with van der Waals surface area (Å²) in [6, 6.07) is 3.26. The maximum absolute atomic E-state index is 12.5. The van der Waals surface area contributed by atoms with Gasteiger partial charge in [-0.15, -0.1) is 0 Å². The van der Waals surface area contributed by atoms with Crippen LogP contribution in [0.2, 0.25) is 10.0 Å². The number of sulfone groups is 1. The molecule has 0 aliphatic carbocycles. The fraction of sp³-hybridized carbons (Fsp3) is 0.533. The minimum absolute atomic E-state index is 0.0429. The third-order valence-electron chi connectivity index (χ3n) is 4.25. The number of carbonyl (C=O) groups is 1. The molecular formula is C15H20Cl2N2O5S2. The third-order valence-corrected chi connectivity index (χ3v) is 8.43. The Balaban J connectivity index is 2.08. The van der Waals surface area contributed by atoms with Crippen LogP contribution in [-0.4, -0.2) is 58.3 Å². The summed E-state index contributed by atoms with van der Waals surface area (Å²) in [6.07, 6.45) is 1.85. The molecule has 1 amide bonds. The predicted molar refractivity (Wildman–Crippen MR) is 101 cm³/mol. The second-order valence-electron chi connectivity index (χ2n) is 6.25. The van der Waals surface area contributed by atoms with Crippen molar-refractivity contribution in [3.63, 3.8) is 0 Å². The Morgan fingerprint density at radius 2 is 1.65 bits per heavy atom. The van der Waals surface area contributed by atoms with Gasteiger partial charge >= 0.3 is 0 Å². The van der Waals surface area contributed by atoms with Gasteiger partial charge in [0.15, 0.2) is 0 Å². The molecule has 1 N–H and O–H groups in total. The van der Waals surface area contributed by atoms with Crippen LogP contribution in [-0.2, 0) is 24.7 Å². The van der Waals surface area contributed by atoms with Gasteiger partial charge in [0.1, 0.15) is 14.7 Å². The Labute approximate surface area is 163 Å². The lowest BCUT2D eigenvalue weighted by Crippen LogP contribution is -2.50. The highest BCUT2D eigenvalue weighted by Crippen LogP contribution is 2.29. The number of nitrogens with one attached hydrogen (secondary N) is 1. The number of rotatable bonds is 5. The summed E-state index contributed by atoms with van der Waals surface area (Å²) < 4.78 is 50.5. The lowest BCUT2D eigenvalue weighted by Gasteiger charge is -2.32. The number of amides is 1. The Morgan fingerprint density at radius 1 is 1.15 bits per heavy atom. The zero-order chi connectivity index (χ0) is 19.7. The Kier molecular flexibility index (Phi) is 6.61. The smallest absolute Gasteiger partial charge is 0.244 e. The highest BCUT2D eigenvalue weighted by molar-refractivity contribution is 7.91. The summed E-state index contributed by atoms with van der Waals surface area (Å²) >= 11 is 11.9. The summed E-state index contributed by atoms with van der Waals surface area (Å²) in [5, 5.41) is -0.558. The second-order valence-corrected chi connectivity index (χ2v) is 11.0. The average Bonchev–Trinajstić information content (AvgIpc) is 2.52. The molecular weight excluding hydrogens is 423 g/mol. The van der Waals surface area contributed by atoms with Gasteiger partial charge in [-0.3, -0.25) is 4.79 Å². The van der Waals surface area contributed by atoms with E-state index in [-0.39, 0.29) is 28.0 Å². The van der Waals surface area contributed by atoms with E-state index >= 15 is 0 Å². The number of hydrogen-bond donors (Lipinski definition) is 1. The molecule has 0 spiro atoms. The first-order chi connectivity index (χ1) is 11.9. The first kappa shape index (κ1) is 21.4. The largest absolute Gasteiger partial charge is 0.341 e. The molecule has 7 nitrogen and oxygen atoms in total. The molecule has 146 valence electrons. The Bertz CT molecular complexity index is 874. The van der Waals surface area contributed by atoms with Gasteiger partial charge in [0.2, 0.25) is 15.9 Å². The number of nitrogens with zero attached hydrogens (tertiary/aromatic N) is 1. The molecule has 0 bridgehead atoms. The number of hydrogen-bond acceptors (Lipinski definition) is 5. The van der Waals surface area contributed by atoms with E-state index in [0.29, 0.717) is 12.8 Å². The van der Waals surface area contributed by atoms with E-state index < -0.39 is 37.1 Å². The topological polar surface area (TPSA) is 101 Å². The van der Waals surface area contributed by atoms with Gasteiger partial charge < -0.3 is 4.90 Å². The zero-order valence-corrected chi connectivity index (χ0v) is 17.4. The van der Waals surface area contributed by atoms with E-state index in [4.69, 9.17) is 23.2 Å². The van der Waals surface area contributed by atoms with Gasteiger partial charge in [-0.2, -0.15) is 4.72 Å². The molecule has 0 radical (unpaired) electrons. The predicted octanol–water partition coefficient (Wildman–Crippen LogP) is 1.70. The molecule has 1 aromatic carbocycles. The van der Waals surface area contributed by atoms with Gasteiger partial charge in [0.05, 0.1) is 21.3 Å². The fourth-order valence-corrected chi connectivity index (χ4v) is 6.27. The summed E-state index contributed by atoms with van der Waals surface area (Å²) in [6.45, 7) is 1.94. The van der Waals surface area contributed by atoms with E-state index in [1.165, 1.54) is 36.3 Å². The molecule has 1 aromatic rings. The van der Waals surface area contributed by atoms with Crippen LogP contribution in [0.15, 0.2) is 23.1 Å². The van der Waals surface area contributed by atoms with E-state index in [1.807, 2.05) is 0 Å². The van der Waals surface area contributed by atoms with Crippen LogP contribution in [0.3, 0.4) is 0 Å². The number of likely N-dealkylation sites (tertiary alicyclic amines) is 1. The summed E-state index contributed by atoms with van der Waals surface area (Å²) in [7, 11) is -7.24. The Morgan fingerprint density at radius 3 is 2.12 bits per heavy atom. The van der Waals surface area contributed by atoms with Crippen molar-refractivity contribution < 1.29 is 21.6 Å². The summed E-state index contributed by atoms with van der Waals surface area (Å²) in [5.41, 5.74) is 0. The molecule has 1 unspecified atom stereocenters. The van der Waals surface area contributed by atoms with Crippen molar-refractivity contribution in [1.82, 2.24) is 9.62 Å².